The van der Waals surface area contributed by atoms with Gasteiger partial charge in [0.15, 0.2) is 0 Å². The summed E-state index contributed by atoms with van der Waals surface area (Å²) in [5.41, 5.74) is 2.65. The lowest BCUT2D eigenvalue weighted by atomic mass is 10.1. The molecule has 25 heavy (non-hydrogen) atoms. The third-order valence-electron chi connectivity index (χ3n) is 3.79. The quantitative estimate of drug-likeness (QED) is 0.891. The molecule has 2 aromatic rings. The van der Waals surface area contributed by atoms with Gasteiger partial charge >= 0.3 is 0 Å². The van der Waals surface area contributed by atoms with E-state index in [0.717, 1.165) is 28.9 Å². The van der Waals surface area contributed by atoms with Crippen LogP contribution in [0.3, 0.4) is 0 Å². The number of nitrogens with zero attached hydrogens (tertiary/aromatic N) is 1. The Hall–Kier alpha value is -2.76. The fourth-order valence-corrected chi connectivity index (χ4v) is 2.57. The SMILES string of the molecule is CC(=O)N(CCC(=O)Nc1ccc(F)cc1F)c1ccc(C)cc1C. The van der Waals surface area contributed by atoms with Crippen molar-refractivity contribution in [2.45, 2.75) is 27.2 Å². The van der Waals surface area contributed by atoms with E-state index in [1.54, 1.807) is 0 Å². The van der Waals surface area contributed by atoms with Gasteiger partial charge in [-0.3, -0.25) is 9.59 Å². The fourth-order valence-electron chi connectivity index (χ4n) is 2.57. The van der Waals surface area contributed by atoms with Crippen LogP contribution < -0.4 is 10.2 Å². The number of nitrogens with one attached hydrogen (secondary N) is 1. The van der Waals surface area contributed by atoms with Crippen molar-refractivity contribution in [1.82, 2.24) is 0 Å². The van der Waals surface area contributed by atoms with Crippen molar-refractivity contribution < 1.29 is 18.4 Å². The van der Waals surface area contributed by atoms with Crippen LogP contribution in [0.2, 0.25) is 0 Å². The molecule has 0 bridgehead atoms. The first-order valence-corrected chi connectivity index (χ1v) is 7.88. The number of carbonyl (C=O) groups excluding carboxylic acids is 2. The Bertz CT molecular complexity index is 806. The second kappa shape index (κ2) is 7.88. The van der Waals surface area contributed by atoms with E-state index in [0.29, 0.717) is 6.07 Å². The Morgan fingerprint density at radius 3 is 2.40 bits per heavy atom. The molecular weight excluding hydrogens is 326 g/mol. The van der Waals surface area contributed by atoms with Gasteiger partial charge in [-0.25, -0.2) is 8.78 Å². The summed E-state index contributed by atoms with van der Waals surface area (Å²) in [6.07, 6.45) is -0.0102. The molecule has 0 aliphatic rings. The molecule has 0 atom stereocenters. The first-order valence-electron chi connectivity index (χ1n) is 7.88. The highest BCUT2D eigenvalue weighted by Crippen LogP contribution is 2.22. The molecular formula is C19H20F2N2O2. The van der Waals surface area contributed by atoms with Crippen molar-refractivity contribution >= 4 is 23.2 Å². The normalized spacial score (nSPS) is 10.4. The van der Waals surface area contributed by atoms with Crippen LogP contribution in [-0.4, -0.2) is 18.4 Å². The highest BCUT2D eigenvalue weighted by Gasteiger charge is 2.16. The molecule has 1 N–H and O–H groups in total. The van der Waals surface area contributed by atoms with Crippen molar-refractivity contribution in [3.05, 3.63) is 59.2 Å². The van der Waals surface area contributed by atoms with Crippen LogP contribution in [0, 0.1) is 25.5 Å². The number of amides is 2. The maximum absolute atomic E-state index is 13.6. The van der Waals surface area contributed by atoms with Crippen molar-refractivity contribution in [2.24, 2.45) is 0 Å². The molecule has 0 fully saturated rings. The molecule has 4 nitrogen and oxygen atoms in total. The average molecular weight is 346 g/mol. The maximum Gasteiger partial charge on any atom is 0.226 e. The zero-order chi connectivity index (χ0) is 18.6. The molecule has 0 aliphatic heterocycles. The summed E-state index contributed by atoms with van der Waals surface area (Å²) in [5.74, 6) is -2.20. The van der Waals surface area contributed by atoms with Crippen molar-refractivity contribution in [2.75, 3.05) is 16.8 Å². The smallest absolute Gasteiger partial charge is 0.226 e. The van der Waals surface area contributed by atoms with Crippen LogP contribution >= 0.6 is 0 Å². The van der Waals surface area contributed by atoms with Crippen LogP contribution in [0.25, 0.3) is 0 Å². The van der Waals surface area contributed by atoms with E-state index in [1.807, 2.05) is 32.0 Å². The lowest BCUT2D eigenvalue weighted by Gasteiger charge is -2.23. The van der Waals surface area contributed by atoms with Gasteiger partial charge in [-0.05, 0) is 37.6 Å². The monoisotopic (exact) mass is 346 g/mol. The number of hydrogen-bond acceptors (Lipinski definition) is 2. The van der Waals surface area contributed by atoms with Crippen LogP contribution in [0.4, 0.5) is 20.2 Å². The molecule has 6 heteroatoms. The van der Waals surface area contributed by atoms with E-state index >= 15 is 0 Å². The summed E-state index contributed by atoms with van der Waals surface area (Å²) in [5, 5.41) is 2.39. The highest BCUT2D eigenvalue weighted by atomic mass is 19.1. The second-order valence-electron chi connectivity index (χ2n) is 5.88. The Morgan fingerprint density at radius 2 is 1.80 bits per heavy atom. The van der Waals surface area contributed by atoms with Crippen molar-refractivity contribution in [3.8, 4) is 0 Å². The van der Waals surface area contributed by atoms with Crippen LogP contribution in [0.1, 0.15) is 24.5 Å². The van der Waals surface area contributed by atoms with E-state index < -0.39 is 17.5 Å². The van der Waals surface area contributed by atoms with Crippen LogP contribution in [0.5, 0.6) is 0 Å². The number of aryl methyl sites for hydroxylation is 2. The third-order valence-corrected chi connectivity index (χ3v) is 3.79. The number of anilines is 2. The molecule has 132 valence electrons. The van der Waals surface area contributed by atoms with Crippen LogP contribution in [-0.2, 0) is 9.59 Å². The van der Waals surface area contributed by atoms with E-state index in [-0.39, 0.29) is 24.6 Å². The maximum atomic E-state index is 13.6. The minimum atomic E-state index is -0.842. The topological polar surface area (TPSA) is 49.4 Å². The highest BCUT2D eigenvalue weighted by molar-refractivity contribution is 5.95. The van der Waals surface area contributed by atoms with Gasteiger partial charge in [-0.2, -0.15) is 0 Å². The second-order valence-corrected chi connectivity index (χ2v) is 5.88. The summed E-state index contributed by atoms with van der Waals surface area (Å²) < 4.78 is 26.5. The largest absolute Gasteiger partial charge is 0.324 e. The molecule has 2 rings (SSSR count). The zero-order valence-electron chi connectivity index (χ0n) is 14.4. The summed E-state index contributed by atoms with van der Waals surface area (Å²) in [4.78, 5) is 25.5. The Labute approximate surface area is 145 Å². The van der Waals surface area contributed by atoms with Gasteiger partial charge in [0.2, 0.25) is 11.8 Å². The molecule has 0 heterocycles. The Morgan fingerprint density at radius 1 is 1.08 bits per heavy atom. The minimum absolute atomic E-state index is 0.0102. The van der Waals surface area contributed by atoms with Crippen LogP contribution in [0.15, 0.2) is 36.4 Å². The Kier molecular flexibility index (Phi) is 5.85. The fraction of sp³-hybridized carbons (Fsp3) is 0.263. The zero-order valence-corrected chi connectivity index (χ0v) is 14.4. The number of halogens is 2. The first-order chi connectivity index (χ1) is 11.8. The summed E-state index contributed by atoms with van der Waals surface area (Å²) in [6.45, 7) is 5.44. The summed E-state index contributed by atoms with van der Waals surface area (Å²) in [6, 6.07) is 8.62. The molecule has 0 aliphatic carbocycles. The summed E-state index contributed by atoms with van der Waals surface area (Å²) in [7, 11) is 0. The van der Waals surface area contributed by atoms with Crippen molar-refractivity contribution in [1.29, 1.82) is 0 Å². The summed E-state index contributed by atoms with van der Waals surface area (Å²) >= 11 is 0. The Balaban J connectivity index is 2.05. The molecule has 0 radical (unpaired) electrons. The van der Waals surface area contributed by atoms with Gasteiger partial charge in [0, 0.05) is 31.6 Å². The lowest BCUT2D eigenvalue weighted by Crippen LogP contribution is -2.32. The number of rotatable bonds is 5. The molecule has 0 saturated heterocycles. The molecule has 2 amide bonds. The molecule has 0 spiro atoms. The predicted octanol–water partition coefficient (Wildman–Crippen LogP) is 3.96. The van der Waals surface area contributed by atoms with Gasteiger partial charge < -0.3 is 10.2 Å². The molecule has 0 saturated carbocycles. The number of carbonyl (C=O) groups is 2. The van der Waals surface area contributed by atoms with Gasteiger partial charge in [-0.15, -0.1) is 0 Å². The van der Waals surface area contributed by atoms with Gasteiger partial charge in [0.05, 0.1) is 5.69 Å². The van der Waals surface area contributed by atoms with Gasteiger partial charge in [0.1, 0.15) is 11.6 Å². The molecule has 2 aromatic carbocycles. The predicted molar refractivity (Wildman–Crippen MR) is 93.5 cm³/mol. The third kappa shape index (κ3) is 4.86. The number of benzene rings is 2. The van der Waals surface area contributed by atoms with Gasteiger partial charge in [-0.1, -0.05) is 17.7 Å². The van der Waals surface area contributed by atoms with E-state index in [1.165, 1.54) is 11.8 Å². The molecule has 0 unspecified atom stereocenters. The standard InChI is InChI=1S/C19H20F2N2O2/c1-12-4-7-18(13(2)10-12)23(14(3)24)9-8-19(25)22-17-6-5-15(20)11-16(17)21/h4-7,10-11H,8-9H2,1-3H3,(H,22,25). The number of hydrogen-bond donors (Lipinski definition) is 1. The van der Waals surface area contributed by atoms with Gasteiger partial charge in [0.25, 0.3) is 0 Å². The first kappa shape index (κ1) is 18.6. The average Bonchev–Trinajstić information content (AvgIpc) is 2.52. The van der Waals surface area contributed by atoms with Crippen molar-refractivity contribution in [3.63, 3.8) is 0 Å². The molecule has 0 aromatic heterocycles. The van der Waals surface area contributed by atoms with E-state index in [2.05, 4.69) is 5.32 Å². The lowest BCUT2D eigenvalue weighted by molar-refractivity contribution is -0.117. The van der Waals surface area contributed by atoms with E-state index in [9.17, 15) is 18.4 Å². The van der Waals surface area contributed by atoms with E-state index in [4.69, 9.17) is 0 Å². The minimum Gasteiger partial charge on any atom is -0.324 e.